The molecule has 7 N–H and O–H groups in total. The van der Waals surface area contributed by atoms with Gasteiger partial charge in [-0.15, -0.1) is 0 Å². The molecule has 2 aromatic carbocycles. The van der Waals surface area contributed by atoms with Gasteiger partial charge in [0.25, 0.3) is 23.3 Å². The fourth-order valence-electron chi connectivity index (χ4n) is 5.88. The van der Waals surface area contributed by atoms with Crippen LogP contribution in [-0.4, -0.2) is 68.6 Å². The highest BCUT2D eigenvalue weighted by Gasteiger charge is 2.45. The number of fused-ring (bicyclic) bond motifs is 2. The Morgan fingerprint density at radius 2 is 1.72 bits per heavy atom. The number of aryl methyl sites for hydroxylation is 1. The molecule has 0 spiro atoms. The Morgan fingerprint density at radius 3 is 2.43 bits per heavy atom. The second kappa shape index (κ2) is 13.3. The van der Waals surface area contributed by atoms with Gasteiger partial charge in [-0.25, -0.2) is 4.79 Å². The summed E-state index contributed by atoms with van der Waals surface area (Å²) in [6.45, 7) is 2.09. The lowest BCUT2D eigenvalue weighted by atomic mass is 10.0. The van der Waals surface area contributed by atoms with Crippen molar-refractivity contribution in [2.75, 3.05) is 24.1 Å². The Hall–Kier alpha value is -5.80. The smallest absolute Gasteiger partial charge is 0.331 e. The number of imide groups is 2. The number of aromatic nitrogens is 2. The Morgan fingerprint density at radius 1 is 0.979 bits per heavy atom. The Bertz CT molecular complexity index is 1960. The van der Waals surface area contributed by atoms with Crippen molar-refractivity contribution in [3.63, 3.8) is 0 Å². The molecule has 6 amide bonds. The van der Waals surface area contributed by atoms with Gasteiger partial charge in [0.1, 0.15) is 12.6 Å². The van der Waals surface area contributed by atoms with E-state index < -0.39 is 59.3 Å². The third-order valence-corrected chi connectivity index (χ3v) is 8.24. The van der Waals surface area contributed by atoms with Gasteiger partial charge in [-0.3, -0.25) is 52.9 Å². The highest BCUT2D eigenvalue weighted by atomic mass is 16.2. The van der Waals surface area contributed by atoms with E-state index in [1.165, 1.54) is 22.8 Å². The van der Waals surface area contributed by atoms with E-state index in [0.29, 0.717) is 31.5 Å². The first-order chi connectivity index (χ1) is 22.4. The number of nitrogen functional groups attached to an aromatic ring is 1. The molecule has 246 valence electrons. The number of rotatable bonds is 12. The van der Waals surface area contributed by atoms with Crippen LogP contribution in [-0.2, 0) is 27.5 Å². The van der Waals surface area contributed by atoms with Crippen LogP contribution in [0.2, 0.25) is 0 Å². The van der Waals surface area contributed by atoms with Gasteiger partial charge in [0.15, 0.2) is 0 Å². The number of hydrogen-bond donors (Lipinski definition) is 5. The lowest BCUT2D eigenvalue weighted by Gasteiger charge is -2.27. The van der Waals surface area contributed by atoms with Crippen molar-refractivity contribution < 1.29 is 28.8 Å². The molecule has 1 aromatic heterocycles. The lowest BCUT2D eigenvalue weighted by molar-refractivity contribution is -0.136. The van der Waals surface area contributed by atoms with Crippen LogP contribution in [0.25, 0.3) is 10.9 Å². The fraction of sp³-hybridized carbons (Fsp3) is 0.355. The number of amides is 6. The normalized spacial score (nSPS) is 15.9. The molecule has 16 nitrogen and oxygen atoms in total. The second-order valence-electron chi connectivity index (χ2n) is 11.3. The second-order valence-corrected chi connectivity index (χ2v) is 11.3. The molecule has 0 aliphatic carbocycles. The summed E-state index contributed by atoms with van der Waals surface area (Å²) in [5.74, 6) is -3.68. The number of nitrogens with zero attached hydrogens (tertiary/aromatic N) is 3. The molecule has 16 heteroatoms. The zero-order chi connectivity index (χ0) is 34.0. The molecule has 47 heavy (non-hydrogen) atoms. The van der Waals surface area contributed by atoms with Gasteiger partial charge in [0, 0.05) is 37.4 Å². The number of nitrogens with two attached hydrogens (primary N) is 2. The van der Waals surface area contributed by atoms with Crippen molar-refractivity contribution in [2.45, 2.75) is 58.2 Å². The number of nitrogens with one attached hydrogen (secondary N) is 3. The zero-order valence-electron chi connectivity index (χ0n) is 25.6. The van der Waals surface area contributed by atoms with E-state index in [9.17, 15) is 38.4 Å². The standard InChI is InChI=1S/C31H34N8O8/c1-2-37-22-14-19(32)17(26(33)42)13-18(22)28(44)38(31(37)47)15-24(41)35-12-5-3-4-11-34-20-8-6-7-16-25(20)30(46)39(29(16)45)21-9-10-23(40)36-27(21)43/h6-8,13-14,21,34H,2-5,9-12,15,32H2,1H3,(H2,33,42)(H,35,41)(H,36,40,43). The number of primary amides is 1. The minimum absolute atomic E-state index is 0.0318. The monoisotopic (exact) mass is 646 g/mol. The van der Waals surface area contributed by atoms with Crippen molar-refractivity contribution in [1.29, 1.82) is 0 Å². The van der Waals surface area contributed by atoms with Crippen molar-refractivity contribution in [3.8, 4) is 0 Å². The third-order valence-electron chi connectivity index (χ3n) is 8.24. The molecule has 2 aliphatic rings. The van der Waals surface area contributed by atoms with Gasteiger partial charge in [-0.2, -0.15) is 0 Å². The first kappa shape index (κ1) is 32.6. The summed E-state index contributed by atoms with van der Waals surface area (Å²) in [5.41, 5.74) is 10.8. The predicted octanol–water partition coefficient (Wildman–Crippen LogP) is -0.336. The van der Waals surface area contributed by atoms with Gasteiger partial charge >= 0.3 is 5.69 Å². The first-order valence-corrected chi connectivity index (χ1v) is 15.2. The number of hydrogen-bond acceptors (Lipinski definition) is 10. The Labute approximate surface area is 267 Å². The SMILES string of the molecule is CCn1c(=O)n(CC(=O)NCCCCCNc2cccc3c2C(=O)N(C2CCC(=O)NC2=O)C3=O)c(=O)c2cc(C(N)=O)c(N)cc21. The van der Waals surface area contributed by atoms with Gasteiger partial charge in [-0.05, 0) is 56.9 Å². The van der Waals surface area contributed by atoms with E-state index >= 15 is 0 Å². The van der Waals surface area contributed by atoms with Crippen molar-refractivity contribution >= 4 is 57.7 Å². The number of unbranched alkanes of at least 4 members (excludes halogenated alkanes) is 2. The highest BCUT2D eigenvalue weighted by Crippen LogP contribution is 2.32. The highest BCUT2D eigenvalue weighted by molar-refractivity contribution is 6.25. The summed E-state index contributed by atoms with van der Waals surface area (Å²) < 4.78 is 2.09. The van der Waals surface area contributed by atoms with Crippen LogP contribution < -0.4 is 38.7 Å². The van der Waals surface area contributed by atoms with Crippen LogP contribution in [0.15, 0.2) is 39.9 Å². The maximum Gasteiger partial charge on any atom is 0.331 e. The maximum absolute atomic E-state index is 13.2. The fourth-order valence-corrected chi connectivity index (χ4v) is 5.88. The van der Waals surface area contributed by atoms with Gasteiger partial charge in [0.05, 0.1) is 27.6 Å². The summed E-state index contributed by atoms with van der Waals surface area (Å²) in [5, 5.41) is 8.08. The minimum Gasteiger partial charge on any atom is -0.398 e. The van der Waals surface area contributed by atoms with E-state index in [2.05, 4.69) is 16.0 Å². The van der Waals surface area contributed by atoms with Crippen LogP contribution in [0.1, 0.15) is 70.1 Å². The number of anilines is 2. The molecule has 3 aromatic rings. The number of piperidine rings is 1. The summed E-state index contributed by atoms with van der Waals surface area (Å²) >= 11 is 0. The first-order valence-electron chi connectivity index (χ1n) is 15.2. The number of carbonyl (C=O) groups excluding carboxylic acids is 6. The van der Waals surface area contributed by atoms with Gasteiger partial charge in [0.2, 0.25) is 17.7 Å². The summed E-state index contributed by atoms with van der Waals surface area (Å²) in [6, 6.07) is 6.35. The summed E-state index contributed by atoms with van der Waals surface area (Å²) in [7, 11) is 0. The van der Waals surface area contributed by atoms with Crippen LogP contribution in [0.4, 0.5) is 11.4 Å². The maximum atomic E-state index is 13.2. The van der Waals surface area contributed by atoms with Gasteiger partial charge < -0.3 is 22.1 Å². The average Bonchev–Trinajstić information content (AvgIpc) is 3.28. The van der Waals surface area contributed by atoms with Crippen molar-refractivity contribution in [3.05, 3.63) is 67.9 Å². The van der Waals surface area contributed by atoms with Crippen LogP contribution in [0, 0.1) is 0 Å². The molecular formula is C31H34N8O8. The molecule has 1 saturated heterocycles. The number of benzene rings is 2. The van der Waals surface area contributed by atoms with Crippen molar-refractivity contribution in [1.82, 2.24) is 24.7 Å². The van der Waals surface area contributed by atoms with E-state index in [1.54, 1.807) is 19.1 Å². The topological polar surface area (TPSA) is 238 Å². The molecule has 2 aliphatic heterocycles. The van der Waals surface area contributed by atoms with Crippen LogP contribution >= 0.6 is 0 Å². The molecule has 1 unspecified atom stereocenters. The molecule has 1 fully saturated rings. The molecular weight excluding hydrogens is 612 g/mol. The Kier molecular flexibility index (Phi) is 9.21. The summed E-state index contributed by atoms with van der Waals surface area (Å²) in [4.78, 5) is 102. The average molecular weight is 647 g/mol. The molecule has 0 radical (unpaired) electrons. The minimum atomic E-state index is -1.05. The third kappa shape index (κ3) is 6.21. The van der Waals surface area contributed by atoms with Crippen LogP contribution in [0.5, 0.6) is 0 Å². The summed E-state index contributed by atoms with van der Waals surface area (Å²) in [6.07, 6.45) is 2.00. The van der Waals surface area contributed by atoms with Crippen molar-refractivity contribution in [2.24, 2.45) is 5.73 Å². The van der Waals surface area contributed by atoms with E-state index in [1.807, 2.05) is 0 Å². The molecule has 0 bridgehead atoms. The van der Waals surface area contributed by atoms with E-state index in [4.69, 9.17) is 11.5 Å². The molecule has 1 atom stereocenters. The molecule has 0 saturated carbocycles. The lowest BCUT2D eigenvalue weighted by Crippen LogP contribution is -2.54. The van der Waals surface area contributed by atoms with Crippen LogP contribution in [0.3, 0.4) is 0 Å². The predicted molar refractivity (Wildman–Crippen MR) is 170 cm³/mol. The van der Waals surface area contributed by atoms with E-state index in [-0.39, 0.29) is 59.2 Å². The molecule has 5 rings (SSSR count). The van der Waals surface area contributed by atoms with E-state index in [0.717, 1.165) is 9.47 Å². The largest absolute Gasteiger partial charge is 0.398 e. The zero-order valence-corrected chi connectivity index (χ0v) is 25.6. The Balaban J connectivity index is 1.13. The number of carbonyl (C=O) groups is 6. The quantitative estimate of drug-likeness (QED) is 0.0975. The molecule has 3 heterocycles. The van der Waals surface area contributed by atoms with Gasteiger partial charge in [-0.1, -0.05) is 6.07 Å².